The molecule has 1 N–H and O–H groups in total. The fourth-order valence-electron chi connectivity index (χ4n) is 0.870. The third-order valence-corrected chi connectivity index (χ3v) is 4.35. The summed E-state index contributed by atoms with van der Waals surface area (Å²) < 4.78 is 0. The van der Waals surface area contributed by atoms with Gasteiger partial charge in [-0.15, -0.1) is 0 Å². The largest absolute Gasteiger partial charge is 0.384 e. The molecule has 0 fully saturated rings. The second-order valence-corrected chi connectivity index (χ2v) is 9.49. The highest BCUT2D eigenvalue weighted by molar-refractivity contribution is 8.35. The second-order valence-electron chi connectivity index (χ2n) is 5.18. The van der Waals surface area contributed by atoms with Gasteiger partial charge < -0.3 is 5.32 Å². The molecule has 0 amide bonds. The minimum atomic E-state index is -0.555. The van der Waals surface area contributed by atoms with E-state index in [1.54, 1.807) is 0 Å². The van der Waals surface area contributed by atoms with E-state index in [1.165, 1.54) is 4.91 Å². The summed E-state index contributed by atoms with van der Waals surface area (Å²) in [4.78, 5) is 1.47. The summed E-state index contributed by atoms with van der Waals surface area (Å²) in [6.45, 7) is 8.79. The summed E-state index contributed by atoms with van der Waals surface area (Å²) in [6, 6.07) is 0.420. The fraction of sp³-hybridized carbons (Fsp3) is 0.692. The third kappa shape index (κ3) is 7.55. The highest BCUT2D eigenvalue weighted by atomic mass is 32.3. The Balaban J connectivity index is 4.16. The maximum Gasteiger partial charge on any atom is 0.0411 e. The van der Waals surface area contributed by atoms with Gasteiger partial charge in [-0.05, 0) is 43.4 Å². The number of allylic oxidation sites excluding steroid dienone is 2. The van der Waals surface area contributed by atoms with Crippen LogP contribution in [-0.4, -0.2) is 24.8 Å². The summed E-state index contributed by atoms with van der Waals surface area (Å²) >= 11 is 0. The summed E-state index contributed by atoms with van der Waals surface area (Å²) in [5.41, 5.74) is 0. The topological polar surface area (TPSA) is 12.0 Å². The minimum absolute atomic E-state index is 0.420. The van der Waals surface area contributed by atoms with Crippen LogP contribution in [0.3, 0.4) is 0 Å². The molecule has 1 unspecified atom stereocenters. The predicted molar refractivity (Wildman–Crippen MR) is 75.7 cm³/mol. The van der Waals surface area contributed by atoms with E-state index in [-0.39, 0.29) is 0 Å². The van der Waals surface area contributed by atoms with Crippen molar-refractivity contribution in [1.29, 1.82) is 0 Å². The lowest BCUT2D eigenvalue weighted by Crippen LogP contribution is -2.18. The summed E-state index contributed by atoms with van der Waals surface area (Å²) in [5.74, 6) is 0.632. The van der Waals surface area contributed by atoms with Crippen LogP contribution in [0, 0.1) is 5.92 Å². The van der Waals surface area contributed by atoms with Crippen LogP contribution in [0.4, 0.5) is 0 Å². The first kappa shape index (κ1) is 14.6. The molecule has 0 heterocycles. The number of hydrogen-bond donors (Lipinski definition) is 1. The molecule has 2 heteroatoms. The van der Waals surface area contributed by atoms with Crippen molar-refractivity contribution in [2.24, 2.45) is 5.92 Å². The van der Waals surface area contributed by atoms with E-state index >= 15 is 0 Å². The van der Waals surface area contributed by atoms with Gasteiger partial charge in [0.1, 0.15) is 0 Å². The zero-order valence-electron chi connectivity index (χ0n) is 11.3. The van der Waals surface area contributed by atoms with Crippen molar-refractivity contribution < 1.29 is 0 Å². The average molecular weight is 229 g/mol. The van der Waals surface area contributed by atoms with Gasteiger partial charge in [-0.1, -0.05) is 26.0 Å². The van der Waals surface area contributed by atoms with Crippen LogP contribution in [0.15, 0.2) is 23.3 Å². The smallest absolute Gasteiger partial charge is 0.0411 e. The molecule has 0 aliphatic carbocycles. The molecule has 1 nitrogen and oxygen atoms in total. The average Bonchev–Trinajstić information content (AvgIpc) is 2.09. The first-order valence-corrected chi connectivity index (χ1v) is 8.38. The Morgan fingerprint density at radius 2 is 1.60 bits per heavy atom. The quantitative estimate of drug-likeness (QED) is 0.708. The maximum absolute atomic E-state index is 3.42. The Kier molecular flexibility index (Phi) is 6.11. The molecule has 0 spiro atoms. The van der Waals surface area contributed by atoms with Gasteiger partial charge in [-0.25, -0.2) is 10.0 Å². The van der Waals surface area contributed by atoms with Gasteiger partial charge in [0.25, 0.3) is 0 Å². The van der Waals surface area contributed by atoms with E-state index in [1.807, 2.05) is 0 Å². The molecule has 0 saturated heterocycles. The third-order valence-electron chi connectivity index (χ3n) is 2.30. The Hall–Kier alpha value is -0.370. The van der Waals surface area contributed by atoms with Crippen molar-refractivity contribution in [1.82, 2.24) is 5.32 Å². The molecule has 0 aliphatic heterocycles. The maximum atomic E-state index is 3.42. The lowest BCUT2D eigenvalue weighted by atomic mass is 10.2. The molecule has 0 aliphatic rings. The van der Waals surface area contributed by atoms with Crippen molar-refractivity contribution in [3.8, 4) is 0 Å². The van der Waals surface area contributed by atoms with Gasteiger partial charge in [-0.3, -0.25) is 0 Å². The lowest BCUT2D eigenvalue weighted by Gasteiger charge is -2.26. The molecule has 0 rings (SSSR count). The molecular weight excluding hydrogens is 202 g/mol. The Morgan fingerprint density at radius 3 is 2.00 bits per heavy atom. The first-order valence-electron chi connectivity index (χ1n) is 5.53. The van der Waals surface area contributed by atoms with Crippen molar-refractivity contribution in [3.05, 3.63) is 23.3 Å². The Bertz CT molecular complexity index is 233. The number of rotatable bonds is 5. The molecular formula is C13H27NS. The van der Waals surface area contributed by atoms with Crippen molar-refractivity contribution >= 4 is 10.0 Å². The van der Waals surface area contributed by atoms with Crippen molar-refractivity contribution in [2.45, 2.75) is 33.7 Å². The second kappa shape index (κ2) is 6.26. The van der Waals surface area contributed by atoms with Gasteiger partial charge in [0.15, 0.2) is 0 Å². The molecule has 0 aromatic rings. The van der Waals surface area contributed by atoms with E-state index in [9.17, 15) is 0 Å². The molecule has 0 aromatic carbocycles. The van der Waals surface area contributed by atoms with Crippen LogP contribution in [0.2, 0.25) is 0 Å². The lowest BCUT2D eigenvalue weighted by molar-refractivity contribution is 0.746. The van der Waals surface area contributed by atoms with Crippen LogP contribution in [-0.2, 0) is 0 Å². The van der Waals surface area contributed by atoms with E-state index < -0.39 is 10.0 Å². The number of nitrogens with one attached hydrogen (secondary N) is 1. The van der Waals surface area contributed by atoms with Crippen LogP contribution < -0.4 is 5.32 Å². The zero-order chi connectivity index (χ0) is 12.1. The van der Waals surface area contributed by atoms with Gasteiger partial charge >= 0.3 is 0 Å². The van der Waals surface area contributed by atoms with E-state index in [2.05, 4.69) is 70.1 Å². The highest BCUT2D eigenvalue weighted by Gasteiger charge is 2.05. The Morgan fingerprint density at radius 1 is 1.07 bits per heavy atom. The molecule has 90 valence electrons. The van der Waals surface area contributed by atoms with Gasteiger partial charge in [0.2, 0.25) is 0 Å². The zero-order valence-corrected chi connectivity index (χ0v) is 12.1. The van der Waals surface area contributed by atoms with Crippen LogP contribution in [0.25, 0.3) is 0 Å². The van der Waals surface area contributed by atoms with Gasteiger partial charge in [0, 0.05) is 12.2 Å². The van der Waals surface area contributed by atoms with Crippen LogP contribution >= 0.6 is 10.0 Å². The van der Waals surface area contributed by atoms with Crippen molar-refractivity contribution in [3.63, 3.8) is 0 Å². The predicted octanol–water partition coefficient (Wildman–Crippen LogP) is 3.73. The Labute approximate surface area is 97.3 Å². The summed E-state index contributed by atoms with van der Waals surface area (Å²) in [7, 11) is -0.555. The van der Waals surface area contributed by atoms with E-state index in [4.69, 9.17) is 0 Å². The van der Waals surface area contributed by atoms with E-state index in [0.717, 1.165) is 0 Å². The molecule has 0 radical (unpaired) electrons. The number of hydrogen-bond acceptors (Lipinski definition) is 1. The van der Waals surface area contributed by atoms with Gasteiger partial charge in [-0.2, -0.15) is 0 Å². The molecule has 0 bridgehead atoms. The van der Waals surface area contributed by atoms with Crippen LogP contribution in [0.5, 0.6) is 0 Å². The highest BCUT2D eigenvalue weighted by Crippen LogP contribution is 2.43. The van der Waals surface area contributed by atoms with Gasteiger partial charge in [0.05, 0.1) is 0 Å². The molecule has 0 saturated carbocycles. The van der Waals surface area contributed by atoms with Crippen LogP contribution in [0.1, 0.15) is 27.7 Å². The minimum Gasteiger partial charge on any atom is -0.384 e. The summed E-state index contributed by atoms with van der Waals surface area (Å²) in [5, 5.41) is 3.42. The summed E-state index contributed by atoms with van der Waals surface area (Å²) in [6.07, 6.45) is 13.6. The SMILES string of the molecule is C/C(=C\NC(C)/C=C\C(C)C)S(C)(C)C. The molecule has 0 aromatic heterocycles. The molecule has 15 heavy (non-hydrogen) atoms. The standard InChI is InChI=1S/C13H27NS/c1-11(2)8-9-12(3)14-10-13(4)15(5,6)7/h8-12,14H,1-7H3/b9-8-,13-10+. The first-order chi connectivity index (χ1) is 6.73. The van der Waals surface area contributed by atoms with E-state index in [0.29, 0.717) is 12.0 Å². The molecule has 1 atom stereocenters. The fourth-order valence-corrected chi connectivity index (χ4v) is 1.29. The normalized spacial score (nSPS) is 17.2. The monoisotopic (exact) mass is 229 g/mol. The van der Waals surface area contributed by atoms with Crippen molar-refractivity contribution in [2.75, 3.05) is 18.8 Å².